The van der Waals surface area contributed by atoms with Crippen LogP contribution in [0.1, 0.15) is 12.8 Å². The van der Waals surface area contributed by atoms with Gasteiger partial charge in [-0.2, -0.15) is 0 Å². The van der Waals surface area contributed by atoms with E-state index in [0.29, 0.717) is 0 Å². The maximum atomic E-state index is 11.8. The molecule has 19 heavy (non-hydrogen) atoms. The first kappa shape index (κ1) is 16.1. The number of benzene rings is 1. The number of ether oxygens (including phenoxy) is 1. The van der Waals surface area contributed by atoms with Gasteiger partial charge >= 0.3 is 5.97 Å². The first-order valence-electron chi connectivity index (χ1n) is 5.37. The fourth-order valence-electron chi connectivity index (χ4n) is 1.31. The number of hydrogen-bond donors (Lipinski definition) is 1. The van der Waals surface area contributed by atoms with Crippen molar-refractivity contribution in [1.82, 2.24) is 0 Å². The van der Waals surface area contributed by atoms with Crippen molar-refractivity contribution in [2.24, 2.45) is 0 Å². The smallest absolute Gasteiger partial charge is 0.305 e. The third-order valence-corrected chi connectivity index (χ3v) is 4.41. The number of sulfonamides is 1. The van der Waals surface area contributed by atoms with Crippen LogP contribution in [-0.4, -0.2) is 27.2 Å². The topological polar surface area (TPSA) is 72.5 Å². The number of anilines is 1. The van der Waals surface area contributed by atoms with Crippen molar-refractivity contribution in [2.45, 2.75) is 12.8 Å². The summed E-state index contributed by atoms with van der Waals surface area (Å²) in [6.07, 6.45) is 0.209. The number of methoxy groups -OCH3 is 1. The Morgan fingerprint density at radius 2 is 2.05 bits per heavy atom. The molecule has 0 saturated heterocycles. The Labute approximate surface area is 121 Å². The van der Waals surface area contributed by atoms with Crippen LogP contribution in [-0.2, 0) is 19.6 Å². The van der Waals surface area contributed by atoms with E-state index in [1.807, 2.05) is 0 Å². The van der Waals surface area contributed by atoms with Gasteiger partial charge in [0.1, 0.15) is 0 Å². The second-order valence-electron chi connectivity index (χ2n) is 3.70. The molecule has 1 aromatic rings. The first-order chi connectivity index (χ1) is 8.85. The summed E-state index contributed by atoms with van der Waals surface area (Å²) in [6, 6.07) is 4.64. The molecule has 106 valence electrons. The number of esters is 1. The minimum absolute atomic E-state index is 0.0423. The molecular weight excluding hydrogens is 313 g/mol. The number of carbonyl (C=O) groups is 1. The molecule has 0 saturated carbocycles. The van der Waals surface area contributed by atoms with Gasteiger partial charge < -0.3 is 4.74 Å². The lowest BCUT2D eigenvalue weighted by Crippen LogP contribution is -2.18. The molecule has 1 N–H and O–H groups in total. The van der Waals surface area contributed by atoms with Crippen molar-refractivity contribution < 1.29 is 17.9 Å². The Balaban J connectivity index is 2.64. The Kier molecular flexibility index (Phi) is 5.90. The monoisotopic (exact) mass is 325 g/mol. The van der Waals surface area contributed by atoms with Gasteiger partial charge in [-0.3, -0.25) is 9.52 Å². The average Bonchev–Trinajstić information content (AvgIpc) is 2.34. The minimum atomic E-state index is -3.58. The fourth-order valence-corrected chi connectivity index (χ4v) is 2.85. The predicted molar refractivity (Wildman–Crippen MR) is 75.1 cm³/mol. The van der Waals surface area contributed by atoms with E-state index in [9.17, 15) is 13.2 Å². The number of halogens is 2. The van der Waals surface area contributed by atoms with Gasteiger partial charge in [0, 0.05) is 6.42 Å². The molecule has 0 aliphatic heterocycles. The lowest BCUT2D eigenvalue weighted by molar-refractivity contribution is -0.140. The van der Waals surface area contributed by atoms with E-state index in [2.05, 4.69) is 9.46 Å². The van der Waals surface area contributed by atoms with E-state index in [1.165, 1.54) is 13.2 Å². The van der Waals surface area contributed by atoms with Gasteiger partial charge in [0.2, 0.25) is 10.0 Å². The Bertz CT molecular complexity index is 560. The van der Waals surface area contributed by atoms with Crippen molar-refractivity contribution >= 4 is 44.9 Å². The summed E-state index contributed by atoms with van der Waals surface area (Å²) in [4.78, 5) is 10.9. The van der Waals surface area contributed by atoms with Gasteiger partial charge in [0.25, 0.3) is 0 Å². The van der Waals surface area contributed by atoms with Crippen molar-refractivity contribution in [3.63, 3.8) is 0 Å². The van der Waals surface area contributed by atoms with Gasteiger partial charge in [-0.25, -0.2) is 8.42 Å². The van der Waals surface area contributed by atoms with Crippen LogP contribution in [0.25, 0.3) is 0 Å². The Morgan fingerprint density at radius 3 is 2.68 bits per heavy atom. The van der Waals surface area contributed by atoms with Gasteiger partial charge in [-0.15, -0.1) is 0 Å². The summed E-state index contributed by atoms with van der Waals surface area (Å²) >= 11 is 11.7. The van der Waals surface area contributed by atoms with Gasteiger partial charge in [0.15, 0.2) is 0 Å². The summed E-state index contributed by atoms with van der Waals surface area (Å²) in [5, 5.41) is 0.400. The van der Waals surface area contributed by atoms with E-state index in [0.717, 1.165) is 0 Å². The third-order valence-electron chi connectivity index (χ3n) is 2.24. The molecule has 1 rings (SSSR count). The summed E-state index contributed by atoms with van der Waals surface area (Å²) in [7, 11) is -2.33. The van der Waals surface area contributed by atoms with Crippen molar-refractivity contribution in [1.29, 1.82) is 0 Å². The SMILES string of the molecule is COC(=O)CCCS(=O)(=O)Nc1cccc(Cl)c1Cl. The van der Waals surface area contributed by atoms with Crippen LogP contribution >= 0.6 is 23.2 Å². The number of hydrogen-bond acceptors (Lipinski definition) is 4. The van der Waals surface area contributed by atoms with Crippen LogP contribution in [0, 0.1) is 0 Å². The summed E-state index contributed by atoms with van der Waals surface area (Å²) in [6.45, 7) is 0. The van der Waals surface area contributed by atoms with E-state index in [-0.39, 0.29) is 34.3 Å². The zero-order valence-corrected chi connectivity index (χ0v) is 12.5. The summed E-state index contributed by atoms with van der Waals surface area (Å²) in [5.74, 6) is -0.652. The van der Waals surface area contributed by atoms with Crippen molar-refractivity contribution in [3.05, 3.63) is 28.2 Å². The molecule has 0 aliphatic rings. The molecule has 0 radical (unpaired) electrons. The lowest BCUT2D eigenvalue weighted by atomic mass is 10.3. The average molecular weight is 326 g/mol. The largest absolute Gasteiger partial charge is 0.469 e. The molecule has 1 aromatic carbocycles. The first-order valence-corrected chi connectivity index (χ1v) is 7.78. The second-order valence-corrected chi connectivity index (χ2v) is 6.33. The Hall–Kier alpha value is -0.980. The zero-order chi connectivity index (χ0) is 14.5. The fraction of sp³-hybridized carbons (Fsp3) is 0.364. The molecule has 0 amide bonds. The zero-order valence-electron chi connectivity index (χ0n) is 10.2. The lowest BCUT2D eigenvalue weighted by Gasteiger charge is -2.09. The number of rotatable bonds is 6. The molecule has 0 heterocycles. The molecule has 0 spiro atoms. The van der Waals surface area contributed by atoms with Crippen LogP contribution < -0.4 is 4.72 Å². The molecule has 0 unspecified atom stereocenters. The van der Waals surface area contributed by atoms with E-state index >= 15 is 0 Å². The van der Waals surface area contributed by atoms with Crippen LogP contribution in [0.5, 0.6) is 0 Å². The van der Waals surface area contributed by atoms with Crippen LogP contribution in [0.3, 0.4) is 0 Å². The number of carbonyl (C=O) groups excluding carboxylic acids is 1. The maximum Gasteiger partial charge on any atom is 0.305 e. The third kappa shape index (κ3) is 5.26. The van der Waals surface area contributed by atoms with E-state index < -0.39 is 16.0 Å². The normalized spacial score (nSPS) is 11.1. The standard InChI is InChI=1S/C11H13Cl2NO4S/c1-18-10(15)6-3-7-19(16,17)14-9-5-2-4-8(12)11(9)13/h2,4-5,14H,3,6-7H2,1H3. The van der Waals surface area contributed by atoms with Gasteiger partial charge in [0.05, 0.1) is 28.6 Å². The highest BCUT2D eigenvalue weighted by molar-refractivity contribution is 7.92. The van der Waals surface area contributed by atoms with Gasteiger partial charge in [-0.1, -0.05) is 29.3 Å². The highest BCUT2D eigenvalue weighted by atomic mass is 35.5. The summed E-state index contributed by atoms with van der Waals surface area (Å²) in [5.41, 5.74) is 0.215. The quantitative estimate of drug-likeness (QED) is 0.816. The molecule has 0 aromatic heterocycles. The predicted octanol–water partition coefficient (Wildman–Crippen LogP) is 2.69. The summed E-state index contributed by atoms with van der Waals surface area (Å²) < 4.78 is 30.3. The molecule has 8 heteroatoms. The van der Waals surface area contributed by atoms with Crippen LogP contribution in [0.4, 0.5) is 5.69 Å². The molecule has 0 atom stereocenters. The van der Waals surface area contributed by atoms with Gasteiger partial charge in [-0.05, 0) is 18.6 Å². The molecule has 0 bridgehead atoms. The van der Waals surface area contributed by atoms with E-state index in [1.54, 1.807) is 12.1 Å². The minimum Gasteiger partial charge on any atom is -0.469 e. The van der Waals surface area contributed by atoms with E-state index in [4.69, 9.17) is 23.2 Å². The van der Waals surface area contributed by atoms with Crippen LogP contribution in [0.2, 0.25) is 10.0 Å². The highest BCUT2D eigenvalue weighted by Crippen LogP contribution is 2.30. The van der Waals surface area contributed by atoms with Crippen molar-refractivity contribution in [3.8, 4) is 0 Å². The second kappa shape index (κ2) is 6.98. The molecule has 0 aliphatic carbocycles. The molecular formula is C11H13Cl2NO4S. The maximum absolute atomic E-state index is 11.8. The number of nitrogens with one attached hydrogen (secondary N) is 1. The Morgan fingerprint density at radius 1 is 1.37 bits per heavy atom. The van der Waals surface area contributed by atoms with Crippen molar-refractivity contribution in [2.75, 3.05) is 17.6 Å². The highest BCUT2D eigenvalue weighted by Gasteiger charge is 2.14. The molecule has 5 nitrogen and oxygen atoms in total. The van der Waals surface area contributed by atoms with Crippen LogP contribution in [0.15, 0.2) is 18.2 Å². The molecule has 0 fully saturated rings.